The maximum Gasteiger partial charge on any atom is 0.134 e. The highest BCUT2D eigenvalue weighted by molar-refractivity contribution is 5.49. The van der Waals surface area contributed by atoms with Crippen LogP contribution in [0.2, 0.25) is 0 Å². The molecule has 0 aromatic carbocycles. The molecule has 0 aliphatic heterocycles. The number of rotatable bonds is 5. The number of aryl methyl sites for hydroxylation is 1. The van der Waals surface area contributed by atoms with Gasteiger partial charge in [0.2, 0.25) is 0 Å². The molecule has 102 valence electrons. The van der Waals surface area contributed by atoms with Crippen LogP contribution in [0.4, 0.5) is 11.6 Å². The fourth-order valence-electron chi connectivity index (χ4n) is 1.50. The van der Waals surface area contributed by atoms with Gasteiger partial charge in [0.05, 0.1) is 0 Å². The molecule has 0 atom stereocenters. The molecule has 0 spiro atoms. The van der Waals surface area contributed by atoms with Crippen molar-refractivity contribution < 1.29 is 0 Å². The molecular weight excluding hydrogens is 226 g/mol. The minimum absolute atomic E-state index is 0.224. The fourth-order valence-corrected chi connectivity index (χ4v) is 1.50. The number of likely N-dealkylation sites (N-methyl/N-ethyl adjacent to an activating group) is 1. The van der Waals surface area contributed by atoms with Crippen LogP contribution < -0.4 is 16.0 Å². The smallest absolute Gasteiger partial charge is 0.134 e. The number of aromatic nitrogens is 2. The molecule has 18 heavy (non-hydrogen) atoms. The molecular formula is C13H25N5. The summed E-state index contributed by atoms with van der Waals surface area (Å²) in [6.45, 7) is 10.8. The van der Waals surface area contributed by atoms with Gasteiger partial charge in [0.25, 0.3) is 0 Å². The van der Waals surface area contributed by atoms with Gasteiger partial charge in [0.15, 0.2) is 0 Å². The Bertz CT molecular complexity index is 383. The molecule has 5 nitrogen and oxygen atoms in total. The number of anilines is 2. The Morgan fingerprint density at radius 3 is 2.56 bits per heavy atom. The van der Waals surface area contributed by atoms with E-state index in [1.54, 1.807) is 0 Å². The number of hydrogen-bond acceptors (Lipinski definition) is 5. The van der Waals surface area contributed by atoms with E-state index in [1.165, 1.54) is 0 Å². The topological polar surface area (TPSA) is 67.1 Å². The third-order valence-corrected chi connectivity index (χ3v) is 2.48. The molecule has 0 amide bonds. The lowest BCUT2D eigenvalue weighted by molar-refractivity contribution is 0.442. The number of nitrogens with one attached hydrogen (secondary N) is 1. The van der Waals surface area contributed by atoms with Gasteiger partial charge < -0.3 is 16.0 Å². The molecule has 1 aromatic heterocycles. The van der Waals surface area contributed by atoms with E-state index in [-0.39, 0.29) is 5.41 Å². The minimum atomic E-state index is 0.224. The number of hydrogen-bond donors (Lipinski definition) is 2. The molecule has 0 aliphatic rings. The molecule has 0 saturated carbocycles. The second-order valence-corrected chi connectivity index (χ2v) is 5.78. The first-order valence-corrected chi connectivity index (χ1v) is 6.32. The van der Waals surface area contributed by atoms with Crippen molar-refractivity contribution in [2.45, 2.75) is 27.7 Å². The third-order valence-electron chi connectivity index (χ3n) is 2.48. The average Bonchev–Trinajstić information content (AvgIpc) is 2.25. The van der Waals surface area contributed by atoms with Crippen LogP contribution in [0.25, 0.3) is 0 Å². The van der Waals surface area contributed by atoms with Crippen LogP contribution in [0, 0.1) is 12.3 Å². The van der Waals surface area contributed by atoms with E-state index in [1.807, 2.05) is 24.9 Å². The van der Waals surface area contributed by atoms with Crippen molar-refractivity contribution in [2.24, 2.45) is 11.1 Å². The van der Waals surface area contributed by atoms with Crippen LogP contribution in [0.3, 0.4) is 0 Å². The predicted molar refractivity (Wildman–Crippen MR) is 77.0 cm³/mol. The van der Waals surface area contributed by atoms with Gasteiger partial charge >= 0.3 is 0 Å². The van der Waals surface area contributed by atoms with Crippen molar-refractivity contribution >= 4 is 11.6 Å². The monoisotopic (exact) mass is 251 g/mol. The Kier molecular flexibility index (Phi) is 4.90. The van der Waals surface area contributed by atoms with Crippen LogP contribution in [0.15, 0.2) is 6.07 Å². The van der Waals surface area contributed by atoms with Gasteiger partial charge in [-0.3, -0.25) is 0 Å². The van der Waals surface area contributed by atoms with Gasteiger partial charge in [-0.15, -0.1) is 0 Å². The second kappa shape index (κ2) is 6.00. The van der Waals surface area contributed by atoms with Gasteiger partial charge in [-0.25, -0.2) is 9.97 Å². The molecule has 1 rings (SSSR count). The van der Waals surface area contributed by atoms with Gasteiger partial charge in [-0.1, -0.05) is 20.8 Å². The van der Waals surface area contributed by atoms with Crippen LogP contribution in [-0.2, 0) is 0 Å². The highest BCUT2D eigenvalue weighted by atomic mass is 15.2. The van der Waals surface area contributed by atoms with Crippen molar-refractivity contribution in [1.82, 2.24) is 9.97 Å². The number of nitrogens with zero attached hydrogens (tertiary/aromatic N) is 3. The fraction of sp³-hybridized carbons (Fsp3) is 0.692. The molecule has 5 heteroatoms. The lowest BCUT2D eigenvalue weighted by atomic mass is 9.97. The standard InChI is InChI=1S/C13H25N5/c1-10-16-11(15-9-13(2,3)4)8-12(17-10)18(5)7-6-14/h8H,6-7,9,14H2,1-5H3,(H,15,16,17). The van der Waals surface area contributed by atoms with E-state index < -0.39 is 0 Å². The maximum atomic E-state index is 5.56. The summed E-state index contributed by atoms with van der Waals surface area (Å²) in [6, 6.07) is 1.97. The van der Waals surface area contributed by atoms with Crippen LogP contribution in [-0.4, -0.2) is 36.6 Å². The van der Waals surface area contributed by atoms with Gasteiger partial charge in [0.1, 0.15) is 17.5 Å². The Morgan fingerprint density at radius 1 is 1.33 bits per heavy atom. The molecule has 1 aromatic rings. The summed E-state index contributed by atoms with van der Waals surface area (Å²) in [6.07, 6.45) is 0. The number of nitrogens with two attached hydrogens (primary N) is 1. The van der Waals surface area contributed by atoms with E-state index in [0.29, 0.717) is 6.54 Å². The van der Waals surface area contributed by atoms with Crippen molar-refractivity contribution in [3.63, 3.8) is 0 Å². The molecule has 1 heterocycles. The van der Waals surface area contributed by atoms with E-state index in [2.05, 4.69) is 36.1 Å². The minimum Gasteiger partial charge on any atom is -0.369 e. The maximum absolute atomic E-state index is 5.56. The zero-order chi connectivity index (χ0) is 13.8. The van der Waals surface area contributed by atoms with Gasteiger partial charge in [-0.05, 0) is 12.3 Å². The second-order valence-electron chi connectivity index (χ2n) is 5.78. The Labute approximate surface area is 110 Å². The Hall–Kier alpha value is -1.36. The normalized spacial score (nSPS) is 11.4. The van der Waals surface area contributed by atoms with Gasteiger partial charge in [0, 0.05) is 32.7 Å². The highest BCUT2D eigenvalue weighted by Gasteiger charge is 2.11. The molecule has 0 unspecified atom stereocenters. The third kappa shape index (κ3) is 4.87. The van der Waals surface area contributed by atoms with Crippen molar-refractivity contribution in [2.75, 3.05) is 36.9 Å². The van der Waals surface area contributed by atoms with E-state index in [9.17, 15) is 0 Å². The molecule has 0 radical (unpaired) electrons. The summed E-state index contributed by atoms with van der Waals surface area (Å²) < 4.78 is 0. The Morgan fingerprint density at radius 2 is 2.00 bits per heavy atom. The summed E-state index contributed by atoms with van der Waals surface area (Å²) >= 11 is 0. The van der Waals surface area contributed by atoms with Crippen molar-refractivity contribution in [3.8, 4) is 0 Å². The van der Waals surface area contributed by atoms with Gasteiger partial charge in [-0.2, -0.15) is 0 Å². The molecule has 0 aliphatic carbocycles. The lowest BCUT2D eigenvalue weighted by Gasteiger charge is -2.21. The predicted octanol–water partition coefficient (Wildman–Crippen LogP) is 1.64. The first kappa shape index (κ1) is 14.7. The lowest BCUT2D eigenvalue weighted by Crippen LogP contribution is -2.26. The zero-order valence-corrected chi connectivity index (χ0v) is 12.1. The summed E-state index contributed by atoms with van der Waals surface area (Å²) in [7, 11) is 1.99. The quantitative estimate of drug-likeness (QED) is 0.832. The summed E-state index contributed by atoms with van der Waals surface area (Å²) in [5, 5.41) is 3.35. The van der Waals surface area contributed by atoms with Crippen LogP contribution in [0.1, 0.15) is 26.6 Å². The average molecular weight is 251 g/mol. The largest absolute Gasteiger partial charge is 0.369 e. The van der Waals surface area contributed by atoms with Crippen LogP contribution >= 0.6 is 0 Å². The summed E-state index contributed by atoms with van der Waals surface area (Å²) in [5.74, 6) is 2.55. The molecule has 0 saturated heterocycles. The van der Waals surface area contributed by atoms with E-state index in [4.69, 9.17) is 5.73 Å². The Balaban J connectivity index is 2.80. The first-order chi connectivity index (χ1) is 8.31. The summed E-state index contributed by atoms with van der Waals surface area (Å²) in [4.78, 5) is 10.9. The van der Waals surface area contributed by atoms with Crippen molar-refractivity contribution in [1.29, 1.82) is 0 Å². The van der Waals surface area contributed by atoms with E-state index in [0.717, 1.165) is 30.5 Å². The molecule has 0 bridgehead atoms. The SMILES string of the molecule is Cc1nc(NCC(C)(C)C)cc(N(C)CCN)n1. The molecule has 0 fully saturated rings. The molecule has 3 N–H and O–H groups in total. The van der Waals surface area contributed by atoms with Crippen LogP contribution in [0.5, 0.6) is 0 Å². The zero-order valence-electron chi connectivity index (χ0n) is 12.1. The first-order valence-electron chi connectivity index (χ1n) is 6.32. The van der Waals surface area contributed by atoms with Crippen molar-refractivity contribution in [3.05, 3.63) is 11.9 Å². The highest BCUT2D eigenvalue weighted by Crippen LogP contribution is 2.17. The van der Waals surface area contributed by atoms with E-state index >= 15 is 0 Å². The summed E-state index contributed by atoms with van der Waals surface area (Å²) in [5.41, 5.74) is 5.78.